The summed E-state index contributed by atoms with van der Waals surface area (Å²) in [6, 6.07) is 8.43. The molecule has 3 heteroatoms. The van der Waals surface area contributed by atoms with Crippen molar-refractivity contribution in [1.29, 1.82) is 0 Å². The Balaban J connectivity index is 1.91. The van der Waals surface area contributed by atoms with Gasteiger partial charge in [-0.15, -0.1) is 0 Å². The van der Waals surface area contributed by atoms with E-state index in [0.717, 1.165) is 43.2 Å². The van der Waals surface area contributed by atoms with Crippen LogP contribution in [0.1, 0.15) is 64.0 Å². The van der Waals surface area contributed by atoms with Gasteiger partial charge in [-0.3, -0.25) is 4.79 Å². The van der Waals surface area contributed by atoms with Gasteiger partial charge in [0, 0.05) is 13.2 Å². The third-order valence-corrected chi connectivity index (χ3v) is 6.14. The highest BCUT2D eigenvalue weighted by molar-refractivity contribution is 5.79. The second kappa shape index (κ2) is 13.3. The summed E-state index contributed by atoms with van der Waals surface area (Å²) in [5.74, 6) is 0.821. The van der Waals surface area contributed by atoms with Crippen molar-refractivity contribution in [2.45, 2.75) is 65.8 Å². The van der Waals surface area contributed by atoms with Crippen molar-refractivity contribution in [3.63, 3.8) is 0 Å². The summed E-state index contributed by atoms with van der Waals surface area (Å²) < 4.78 is 5.76. The molecule has 0 saturated carbocycles. The molecular formula is C28H41NO2. The summed E-state index contributed by atoms with van der Waals surface area (Å²) >= 11 is 0. The Morgan fingerprint density at radius 1 is 1.23 bits per heavy atom. The first kappa shape index (κ1) is 25.1. The zero-order chi connectivity index (χ0) is 22.6. The molecule has 1 aromatic carbocycles. The standard InChI is InChI=1S/C28H41NO2/c1-6-15-31-20-27(28(30)29-19-25-13-11-24(7-2)12-14-25)17-21(3)16-26-10-8-9-22(4)23(5)18-26/h8,10-14,22,26-27H,3,5-7,9,15-20H2,1-2,4H3,(H,29,30)/t22-,26+,27-/m1/s1. The SMILES string of the molecule is C=C(C[C@@H]1C=CC[C@@H](C)C(=C)C1)C[C@H](COCCC)C(=O)NCc1ccc(CC)cc1. The molecule has 0 fully saturated rings. The van der Waals surface area contributed by atoms with Gasteiger partial charge in [0.2, 0.25) is 5.91 Å². The maximum absolute atomic E-state index is 13.0. The van der Waals surface area contributed by atoms with Crippen molar-refractivity contribution >= 4 is 5.91 Å². The molecule has 0 bridgehead atoms. The van der Waals surface area contributed by atoms with Crippen molar-refractivity contribution in [3.8, 4) is 0 Å². The summed E-state index contributed by atoms with van der Waals surface area (Å²) in [6.07, 6.45) is 10.2. The highest BCUT2D eigenvalue weighted by Gasteiger charge is 2.22. The van der Waals surface area contributed by atoms with Crippen LogP contribution in [0, 0.1) is 17.8 Å². The molecule has 3 atom stereocenters. The summed E-state index contributed by atoms with van der Waals surface area (Å²) in [5, 5.41) is 3.11. The quantitative estimate of drug-likeness (QED) is 0.312. The monoisotopic (exact) mass is 423 g/mol. The number of benzene rings is 1. The molecule has 2 rings (SSSR count). The fourth-order valence-corrected chi connectivity index (χ4v) is 4.01. The lowest BCUT2D eigenvalue weighted by atomic mass is 9.88. The van der Waals surface area contributed by atoms with Crippen molar-refractivity contribution in [3.05, 3.63) is 71.8 Å². The summed E-state index contributed by atoms with van der Waals surface area (Å²) in [4.78, 5) is 13.0. The van der Waals surface area contributed by atoms with E-state index in [9.17, 15) is 4.79 Å². The number of amides is 1. The van der Waals surface area contributed by atoms with Gasteiger partial charge in [-0.25, -0.2) is 0 Å². The average molecular weight is 424 g/mol. The largest absolute Gasteiger partial charge is 0.381 e. The first-order valence-corrected chi connectivity index (χ1v) is 11.9. The van der Waals surface area contributed by atoms with Crippen LogP contribution in [0.5, 0.6) is 0 Å². The van der Waals surface area contributed by atoms with Crippen LogP contribution in [-0.4, -0.2) is 19.1 Å². The number of aryl methyl sites for hydroxylation is 1. The van der Waals surface area contributed by atoms with Crippen LogP contribution in [0.3, 0.4) is 0 Å². The highest BCUT2D eigenvalue weighted by Crippen LogP contribution is 2.30. The number of nitrogens with one attached hydrogen (secondary N) is 1. The minimum absolute atomic E-state index is 0.0475. The molecule has 0 heterocycles. The molecule has 0 unspecified atom stereocenters. The first-order chi connectivity index (χ1) is 14.9. The molecule has 0 aromatic heterocycles. The molecule has 3 nitrogen and oxygen atoms in total. The Kier molecular flexibility index (Phi) is 10.8. The van der Waals surface area contributed by atoms with Gasteiger partial charge in [-0.2, -0.15) is 0 Å². The molecule has 31 heavy (non-hydrogen) atoms. The molecule has 0 aliphatic heterocycles. The summed E-state index contributed by atoms with van der Waals surface area (Å²) in [5.41, 5.74) is 4.86. The van der Waals surface area contributed by atoms with Gasteiger partial charge >= 0.3 is 0 Å². The van der Waals surface area contributed by atoms with Gasteiger partial charge in [0.1, 0.15) is 0 Å². The first-order valence-electron chi connectivity index (χ1n) is 11.9. The smallest absolute Gasteiger partial charge is 0.226 e. The molecule has 170 valence electrons. The Hall–Kier alpha value is -2.13. The third-order valence-electron chi connectivity index (χ3n) is 6.14. The van der Waals surface area contributed by atoms with Gasteiger partial charge in [-0.05, 0) is 61.5 Å². The minimum Gasteiger partial charge on any atom is -0.381 e. The number of allylic oxidation sites excluding steroid dienone is 4. The van der Waals surface area contributed by atoms with Gasteiger partial charge in [0.25, 0.3) is 0 Å². The van der Waals surface area contributed by atoms with Crippen LogP contribution in [-0.2, 0) is 22.5 Å². The predicted octanol–water partition coefficient (Wildman–Crippen LogP) is 6.40. The van der Waals surface area contributed by atoms with E-state index in [1.807, 2.05) is 0 Å². The number of carbonyl (C=O) groups is 1. The predicted molar refractivity (Wildman–Crippen MR) is 131 cm³/mol. The molecule has 1 aliphatic rings. The Morgan fingerprint density at radius 3 is 2.61 bits per heavy atom. The minimum atomic E-state index is -0.203. The van der Waals surface area contributed by atoms with E-state index < -0.39 is 0 Å². The lowest BCUT2D eigenvalue weighted by Crippen LogP contribution is -2.33. The van der Waals surface area contributed by atoms with Crippen LogP contribution in [0.25, 0.3) is 0 Å². The van der Waals surface area contributed by atoms with Crippen LogP contribution >= 0.6 is 0 Å². The summed E-state index contributed by atoms with van der Waals surface area (Å²) in [7, 11) is 0. The lowest BCUT2D eigenvalue weighted by Gasteiger charge is -2.21. The fraction of sp³-hybridized carbons (Fsp3) is 0.536. The maximum atomic E-state index is 13.0. The topological polar surface area (TPSA) is 38.3 Å². The molecule has 1 aliphatic carbocycles. The maximum Gasteiger partial charge on any atom is 0.226 e. The molecular weight excluding hydrogens is 382 g/mol. The van der Waals surface area contributed by atoms with Crippen LogP contribution < -0.4 is 5.32 Å². The zero-order valence-electron chi connectivity index (χ0n) is 19.8. The van der Waals surface area contributed by atoms with Gasteiger partial charge < -0.3 is 10.1 Å². The Bertz CT molecular complexity index is 747. The molecule has 0 saturated heterocycles. The van der Waals surface area contributed by atoms with Crippen molar-refractivity contribution in [2.75, 3.05) is 13.2 Å². The van der Waals surface area contributed by atoms with E-state index in [1.54, 1.807) is 0 Å². The number of hydrogen-bond donors (Lipinski definition) is 1. The van der Waals surface area contributed by atoms with E-state index in [1.165, 1.54) is 11.1 Å². The lowest BCUT2D eigenvalue weighted by molar-refractivity contribution is -0.127. The van der Waals surface area contributed by atoms with Crippen LogP contribution in [0.4, 0.5) is 0 Å². The summed E-state index contributed by atoms with van der Waals surface area (Å²) in [6.45, 7) is 16.7. The fourth-order valence-electron chi connectivity index (χ4n) is 4.01. The van der Waals surface area contributed by atoms with Gasteiger partial charge in [-0.1, -0.05) is 81.5 Å². The second-order valence-corrected chi connectivity index (χ2v) is 9.01. The van der Waals surface area contributed by atoms with Gasteiger partial charge in [0.15, 0.2) is 0 Å². The Labute approximate surface area is 189 Å². The highest BCUT2D eigenvalue weighted by atomic mass is 16.5. The molecule has 1 amide bonds. The number of rotatable bonds is 12. The molecule has 0 radical (unpaired) electrons. The third kappa shape index (κ3) is 8.86. The van der Waals surface area contributed by atoms with Crippen molar-refractivity contribution in [1.82, 2.24) is 5.32 Å². The molecule has 1 aromatic rings. The van der Waals surface area contributed by atoms with Crippen LogP contribution in [0.2, 0.25) is 0 Å². The normalized spacial score (nSPS) is 19.6. The van der Waals surface area contributed by atoms with E-state index in [4.69, 9.17) is 4.74 Å². The Morgan fingerprint density at radius 2 is 1.94 bits per heavy atom. The van der Waals surface area contributed by atoms with E-state index in [2.05, 4.69) is 75.7 Å². The average Bonchev–Trinajstić information content (AvgIpc) is 2.91. The van der Waals surface area contributed by atoms with Gasteiger partial charge in [0.05, 0.1) is 12.5 Å². The van der Waals surface area contributed by atoms with Crippen LogP contribution in [0.15, 0.2) is 60.7 Å². The second-order valence-electron chi connectivity index (χ2n) is 9.01. The van der Waals surface area contributed by atoms with E-state index >= 15 is 0 Å². The van der Waals surface area contributed by atoms with E-state index in [0.29, 0.717) is 38.0 Å². The zero-order valence-corrected chi connectivity index (χ0v) is 19.8. The molecule has 0 spiro atoms. The van der Waals surface area contributed by atoms with E-state index in [-0.39, 0.29) is 11.8 Å². The number of carbonyl (C=O) groups excluding carboxylic acids is 1. The number of ether oxygens (including phenoxy) is 1. The number of hydrogen-bond acceptors (Lipinski definition) is 2. The van der Waals surface area contributed by atoms with Crippen molar-refractivity contribution in [2.24, 2.45) is 17.8 Å². The molecule has 1 N–H and O–H groups in total. The van der Waals surface area contributed by atoms with Crippen molar-refractivity contribution < 1.29 is 9.53 Å².